The summed E-state index contributed by atoms with van der Waals surface area (Å²) in [6.07, 6.45) is 7.99. The lowest BCUT2D eigenvalue weighted by Crippen LogP contribution is -2.39. The van der Waals surface area contributed by atoms with Gasteiger partial charge in [0.2, 0.25) is 5.95 Å². The summed E-state index contributed by atoms with van der Waals surface area (Å²) < 4.78 is 1.64. The van der Waals surface area contributed by atoms with E-state index < -0.39 is 0 Å². The summed E-state index contributed by atoms with van der Waals surface area (Å²) in [5.41, 5.74) is 9.25. The number of nitrogens with two attached hydrogens (primary N) is 1. The first-order chi connectivity index (χ1) is 13.1. The molecule has 138 valence electrons. The Morgan fingerprint density at radius 3 is 2.74 bits per heavy atom. The van der Waals surface area contributed by atoms with Crippen LogP contribution in [0.3, 0.4) is 0 Å². The van der Waals surface area contributed by atoms with Crippen molar-refractivity contribution in [3.8, 4) is 11.1 Å². The minimum atomic E-state index is -0.132. The Labute approximate surface area is 157 Å². The van der Waals surface area contributed by atoms with Gasteiger partial charge in [0.05, 0.1) is 23.5 Å². The molecule has 0 spiro atoms. The molecule has 0 bridgehead atoms. The van der Waals surface area contributed by atoms with E-state index in [0.29, 0.717) is 12.1 Å². The van der Waals surface area contributed by atoms with E-state index in [-0.39, 0.29) is 17.9 Å². The van der Waals surface area contributed by atoms with E-state index in [1.807, 2.05) is 42.3 Å². The zero-order valence-electron chi connectivity index (χ0n) is 15.2. The fourth-order valence-corrected chi connectivity index (χ4v) is 3.66. The molecule has 1 aliphatic rings. The Bertz CT molecular complexity index is 952. The molecular weight excluding hydrogens is 340 g/mol. The van der Waals surface area contributed by atoms with Crippen molar-refractivity contribution in [1.82, 2.24) is 24.6 Å². The SMILES string of the molecule is Cn1cc(C(=O)N2CCCC[C@@H]2c2nc(N)ncc2-c2ccccc2)cn1. The molecule has 3 aromatic rings. The van der Waals surface area contributed by atoms with Crippen molar-refractivity contribution in [2.24, 2.45) is 7.05 Å². The molecule has 1 aromatic carbocycles. The third-order valence-corrected chi connectivity index (χ3v) is 4.95. The minimum Gasteiger partial charge on any atom is -0.368 e. The summed E-state index contributed by atoms with van der Waals surface area (Å²) in [5, 5.41) is 4.13. The van der Waals surface area contributed by atoms with Crippen molar-refractivity contribution in [2.75, 3.05) is 12.3 Å². The quantitative estimate of drug-likeness (QED) is 0.774. The zero-order chi connectivity index (χ0) is 18.8. The van der Waals surface area contributed by atoms with Crippen LogP contribution in [0.5, 0.6) is 0 Å². The average Bonchev–Trinajstić information content (AvgIpc) is 3.14. The zero-order valence-corrected chi connectivity index (χ0v) is 15.2. The summed E-state index contributed by atoms with van der Waals surface area (Å²) in [5.74, 6) is 0.202. The van der Waals surface area contributed by atoms with Gasteiger partial charge in [-0.05, 0) is 24.8 Å². The fourth-order valence-electron chi connectivity index (χ4n) is 3.66. The second-order valence-electron chi connectivity index (χ2n) is 6.81. The third-order valence-electron chi connectivity index (χ3n) is 4.95. The molecule has 1 atom stereocenters. The first kappa shape index (κ1) is 17.2. The Hall–Kier alpha value is -3.22. The number of piperidine rings is 1. The number of likely N-dealkylation sites (tertiary alicyclic amines) is 1. The number of benzene rings is 1. The first-order valence-electron chi connectivity index (χ1n) is 9.11. The van der Waals surface area contributed by atoms with Gasteiger partial charge in [0.1, 0.15) is 0 Å². The highest BCUT2D eigenvalue weighted by Crippen LogP contribution is 2.36. The van der Waals surface area contributed by atoms with E-state index in [4.69, 9.17) is 5.73 Å². The van der Waals surface area contributed by atoms with Crippen LogP contribution in [0.15, 0.2) is 48.9 Å². The molecule has 0 radical (unpaired) electrons. The number of hydrogen-bond donors (Lipinski definition) is 1. The molecule has 0 aliphatic carbocycles. The maximum atomic E-state index is 13.1. The van der Waals surface area contributed by atoms with Crippen molar-refractivity contribution >= 4 is 11.9 Å². The van der Waals surface area contributed by atoms with E-state index in [2.05, 4.69) is 15.1 Å². The van der Waals surface area contributed by atoms with Crippen LogP contribution in [0.4, 0.5) is 5.95 Å². The Morgan fingerprint density at radius 1 is 1.19 bits per heavy atom. The Kier molecular flexibility index (Phi) is 4.58. The molecule has 1 amide bonds. The van der Waals surface area contributed by atoms with Gasteiger partial charge in [-0.3, -0.25) is 9.48 Å². The topological polar surface area (TPSA) is 89.9 Å². The van der Waals surface area contributed by atoms with Gasteiger partial charge in [-0.15, -0.1) is 0 Å². The molecule has 2 aromatic heterocycles. The van der Waals surface area contributed by atoms with Crippen LogP contribution in [0.1, 0.15) is 41.4 Å². The number of anilines is 1. The number of carbonyl (C=O) groups excluding carboxylic acids is 1. The van der Waals surface area contributed by atoms with E-state index in [1.54, 1.807) is 23.3 Å². The van der Waals surface area contributed by atoms with Crippen molar-refractivity contribution < 1.29 is 4.79 Å². The first-order valence-corrected chi connectivity index (χ1v) is 9.11. The van der Waals surface area contributed by atoms with Crippen molar-refractivity contribution in [3.63, 3.8) is 0 Å². The summed E-state index contributed by atoms with van der Waals surface area (Å²) >= 11 is 0. The number of nitrogen functional groups attached to an aromatic ring is 1. The minimum absolute atomic E-state index is 0.0241. The standard InChI is InChI=1S/C20H22N6O/c1-25-13-15(11-23-25)19(27)26-10-6-5-9-17(26)18-16(12-22-20(21)24-18)14-7-3-2-4-8-14/h2-4,7-8,11-13,17H,5-6,9-10H2,1H3,(H2,21,22,24)/t17-/m1/s1. The molecule has 4 rings (SSSR count). The number of aromatic nitrogens is 4. The molecule has 1 saturated heterocycles. The summed E-state index contributed by atoms with van der Waals surface area (Å²) in [4.78, 5) is 23.8. The predicted octanol–water partition coefficient (Wildman–Crippen LogP) is 2.83. The van der Waals surface area contributed by atoms with Crippen molar-refractivity contribution in [3.05, 3.63) is 60.2 Å². The van der Waals surface area contributed by atoms with Gasteiger partial charge in [-0.1, -0.05) is 30.3 Å². The lowest BCUT2D eigenvalue weighted by atomic mass is 9.93. The van der Waals surface area contributed by atoms with Gasteiger partial charge >= 0.3 is 0 Å². The van der Waals surface area contributed by atoms with Gasteiger partial charge < -0.3 is 10.6 Å². The normalized spacial score (nSPS) is 17.1. The summed E-state index contributed by atoms with van der Waals surface area (Å²) in [6, 6.07) is 9.85. The Balaban J connectivity index is 1.76. The van der Waals surface area contributed by atoms with E-state index in [9.17, 15) is 4.79 Å². The van der Waals surface area contributed by atoms with Crippen LogP contribution < -0.4 is 5.73 Å². The smallest absolute Gasteiger partial charge is 0.257 e. The maximum absolute atomic E-state index is 13.1. The summed E-state index contributed by atoms with van der Waals surface area (Å²) in [6.45, 7) is 0.691. The van der Waals surface area contributed by atoms with Crippen LogP contribution >= 0.6 is 0 Å². The molecule has 3 heterocycles. The van der Waals surface area contributed by atoms with Gasteiger partial charge in [-0.2, -0.15) is 5.10 Å². The number of hydrogen-bond acceptors (Lipinski definition) is 5. The van der Waals surface area contributed by atoms with E-state index in [0.717, 1.165) is 36.1 Å². The third kappa shape index (κ3) is 3.40. The van der Waals surface area contributed by atoms with Gasteiger partial charge in [-0.25, -0.2) is 9.97 Å². The van der Waals surface area contributed by atoms with Crippen LogP contribution in [-0.2, 0) is 7.05 Å². The highest BCUT2D eigenvalue weighted by Gasteiger charge is 2.32. The summed E-state index contributed by atoms with van der Waals surface area (Å²) in [7, 11) is 1.81. The fraction of sp³-hybridized carbons (Fsp3) is 0.300. The number of rotatable bonds is 3. The van der Waals surface area contributed by atoms with Gasteiger partial charge in [0.25, 0.3) is 5.91 Å². The molecule has 7 nitrogen and oxygen atoms in total. The Morgan fingerprint density at radius 2 is 2.00 bits per heavy atom. The van der Waals surface area contributed by atoms with Crippen LogP contribution in [0.2, 0.25) is 0 Å². The lowest BCUT2D eigenvalue weighted by Gasteiger charge is -2.36. The molecule has 7 heteroatoms. The predicted molar refractivity (Wildman–Crippen MR) is 103 cm³/mol. The number of carbonyl (C=O) groups is 1. The maximum Gasteiger partial charge on any atom is 0.257 e. The van der Waals surface area contributed by atoms with Crippen molar-refractivity contribution in [1.29, 1.82) is 0 Å². The number of aryl methyl sites for hydroxylation is 1. The molecule has 0 saturated carbocycles. The van der Waals surface area contributed by atoms with Crippen LogP contribution in [0, 0.1) is 0 Å². The van der Waals surface area contributed by atoms with Gasteiger partial charge in [0, 0.05) is 31.5 Å². The molecule has 1 fully saturated rings. The molecule has 0 unspecified atom stereocenters. The highest BCUT2D eigenvalue weighted by atomic mass is 16.2. The highest BCUT2D eigenvalue weighted by molar-refractivity contribution is 5.94. The van der Waals surface area contributed by atoms with E-state index in [1.165, 1.54) is 0 Å². The molecule has 27 heavy (non-hydrogen) atoms. The largest absolute Gasteiger partial charge is 0.368 e. The average molecular weight is 362 g/mol. The van der Waals surface area contributed by atoms with Crippen molar-refractivity contribution in [2.45, 2.75) is 25.3 Å². The van der Waals surface area contributed by atoms with E-state index >= 15 is 0 Å². The van der Waals surface area contributed by atoms with Crippen LogP contribution in [0.25, 0.3) is 11.1 Å². The molecule has 1 aliphatic heterocycles. The molecular formula is C20H22N6O. The lowest BCUT2D eigenvalue weighted by molar-refractivity contribution is 0.0606. The second-order valence-corrected chi connectivity index (χ2v) is 6.81. The second kappa shape index (κ2) is 7.19. The number of amides is 1. The molecule has 2 N–H and O–H groups in total. The van der Waals surface area contributed by atoms with Crippen LogP contribution in [-0.4, -0.2) is 37.1 Å². The van der Waals surface area contributed by atoms with Gasteiger partial charge in [0.15, 0.2) is 0 Å². The monoisotopic (exact) mass is 362 g/mol. The number of nitrogens with zero attached hydrogens (tertiary/aromatic N) is 5.